The maximum absolute atomic E-state index is 12.8. The molecule has 0 radical (unpaired) electrons. The minimum Gasteiger partial charge on any atom is -0.384 e. The van der Waals surface area contributed by atoms with Gasteiger partial charge in [-0.25, -0.2) is 4.98 Å². The number of anilines is 1. The van der Waals surface area contributed by atoms with Gasteiger partial charge in [-0.2, -0.15) is 0 Å². The topological polar surface area (TPSA) is 109 Å². The number of hydrogen-bond donors (Lipinski definition) is 4. The summed E-state index contributed by atoms with van der Waals surface area (Å²) in [6, 6.07) is 12.6. The van der Waals surface area contributed by atoms with Crippen LogP contribution in [-0.2, 0) is 16.0 Å². The summed E-state index contributed by atoms with van der Waals surface area (Å²) in [6.07, 6.45) is 4.26. The summed E-state index contributed by atoms with van der Waals surface area (Å²) < 4.78 is 0. The number of carbonyl (C=O) groups excluding carboxylic acids is 2. The van der Waals surface area contributed by atoms with Crippen LogP contribution in [0, 0.1) is 0 Å². The summed E-state index contributed by atoms with van der Waals surface area (Å²) in [5.41, 5.74) is 9.94. The monoisotopic (exact) mass is 405 g/mol. The van der Waals surface area contributed by atoms with Gasteiger partial charge in [-0.05, 0) is 49.0 Å². The van der Waals surface area contributed by atoms with Crippen molar-refractivity contribution in [2.45, 2.75) is 44.3 Å². The number of hydrogen-bond acceptors (Lipinski definition) is 5. The summed E-state index contributed by atoms with van der Waals surface area (Å²) >= 11 is 0. The zero-order valence-electron chi connectivity index (χ0n) is 17.0. The van der Waals surface area contributed by atoms with Crippen molar-refractivity contribution in [3.05, 3.63) is 65.4 Å². The fourth-order valence-electron chi connectivity index (χ4n) is 4.08. The van der Waals surface area contributed by atoms with Gasteiger partial charge in [0, 0.05) is 12.2 Å². The van der Waals surface area contributed by atoms with Gasteiger partial charge in [0.2, 0.25) is 11.8 Å². The highest BCUT2D eigenvalue weighted by Gasteiger charge is 2.29. The lowest BCUT2D eigenvalue weighted by Gasteiger charge is -2.26. The molecule has 7 heteroatoms. The van der Waals surface area contributed by atoms with Gasteiger partial charge >= 0.3 is 0 Å². The van der Waals surface area contributed by atoms with Gasteiger partial charge in [0.25, 0.3) is 0 Å². The molecule has 1 aliphatic carbocycles. The number of rotatable bonds is 5. The molecule has 30 heavy (non-hydrogen) atoms. The smallest absolute Gasteiger partial charge is 0.242 e. The number of nitrogens with two attached hydrogens (primary N) is 1. The molecule has 4 rings (SSSR count). The van der Waals surface area contributed by atoms with Crippen molar-refractivity contribution in [3.63, 3.8) is 0 Å². The molecule has 5 N–H and O–H groups in total. The summed E-state index contributed by atoms with van der Waals surface area (Å²) in [6.45, 7) is 2.33. The molecule has 2 aliphatic rings. The van der Waals surface area contributed by atoms with E-state index in [0.717, 1.165) is 35.2 Å². The Bertz CT molecular complexity index is 973. The molecule has 1 aliphatic heterocycles. The molecular formula is C23H27N5O2. The number of nitrogens with one attached hydrogen (secondary N) is 3. The van der Waals surface area contributed by atoms with Gasteiger partial charge < -0.3 is 21.7 Å². The lowest BCUT2D eigenvalue weighted by Crippen LogP contribution is -2.52. The first-order valence-corrected chi connectivity index (χ1v) is 10.3. The van der Waals surface area contributed by atoms with E-state index in [0.29, 0.717) is 18.8 Å². The zero-order chi connectivity index (χ0) is 21.1. The number of amides is 2. The third-order valence-corrected chi connectivity index (χ3v) is 5.74. The standard InChI is InChI=1S/C23H27N5O2/c1-14(22(29)28-19-9-8-18-17(19)7-10-21(24)27-18)26-23(30)20-13-16(11-12-25-20)15-5-3-2-4-6-15/h2-7,10-11,14,19-20,25H,8-9,12-13H2,1H3,(H2,24,27)(H,26,30)(H,28,29)/t14-,19?,20?/m0/s1. The third-order valence-electron chi connectivity index (χ3n) is 5.74. The van der Waals surface area contributed by atoms with Crippen molar-refractivity contribution in [2.75, 3.05) is 12.3 Å². The Morgan fingerprint density at radius 1 is 1.20 bits per heavy atom. The van der Waals surface area contributed by atoms with Crippen molar-refractivity contribution in [1.29, 1.82) is 0 Å². The van der Waals surface area contributed by atoms with E-state index in [1.807, 2.05) is 36.4 Å². The Kier molecular flexibility index (Phi) is 5.81. The summed E-state index contributed by atoms with van der Waals surface area (Å²) in [7, 11) is 0. The largest absolute Gasteiger partial charge is 0.384 e. The van der Waals surface area contributed by atoms with E-state index in [4.69, 9.17) is 5.73 Å². The highest BCUT2D eigenvalue weighted by atomic mass is 16.2. The fraction of sp³-hybridized carbons (Fsp3) is 0.348. The molecule has 156 valence electrons. The number of pyridine rings is 1. The van der Waals surface area contributed by atoms with Crippen LogP contribution < -0.4 is 21.7 Å². The second-order valence-electron chi connectivity index (χ2n) is 7.86. The van der Waals surface area contributed by atoms with Crippen molar-refractivity contribution < 1.29 is 9.59 Å². The Morgan fingerprint density at radius 2 is 2.00 bits per heavy atom. The van der Waals surface area contributed by atoms with Crippen LogP contribution in [0.15, 0.2) is 48.5 Å². The van der Waals surface area contributed by atoms with Crippen LogP contribution in [0.1, 0.15) is 42.6 Å². The van der Waals surface area contributed by atoms with Crippen LogP contribution in [-0.4, -0.2) is 35.4 Å². The van der Waals surface area contributed by atoms with Crippen molar-refractivity contribution >= 4 is 23.2 Å². The SMILES string of the molecule is C[C@H](NC(=O)C1CC(c2ccccc2)=CCN1)C(=O)NC1CCc2nc(N)ccc21. The first-order valence-electron chi connectivity index (χ1n) is 10.3. The number of benzene rings is 1. The number of nitrogen functional groups attached to an aromatic ring is 1. The highest BCUT2D eigenvalue weighted by molar-refractivity contribution is 5.91. The first kappa shape index (κ1) is 20.1. The number of carbonyl (C=O) groups is 2. The van der Waals surface area contributed by atoms with Gasteiger partial charge in [-0.15, -0.1) is 0 Å². The van der Waals surface area contributed by atoms with Crippen LogP contribution in [0.3, 0.4) is 0 Å². The second kappa shape index (κ2) is 8.67. The van der Waals surface area contributed by atoms with Crippen LogP contribution in [0.25, 0.3) is 5.57 Å². The molecule has 0 fully saturated rings. The number of aromatic nitrogens is 1. The molecule has 2 amide bonds. The summed E-state index contributed by atoms with van der Waals surface area (Å²) in [5, 5.41) is 9.10. The molecule has 2 unspecified atom stereocenters. The Hall–Kier alpha value is -3.19. The molecule has 2 aromatic rings. The average molecular weight is 406 g/mol. The van der Waals surface area contributed by atoms with Crippen molar-refractivity contribution in [1.82, 2.24) is 20.9 Å². The normalized spacial score (nSPS) is 21.3. The molecule has 1 aromatic heterocycles. The van der Waals surface area contributed by atoms with Crippen LogP contribution in [0.4, 0.5) is 5.82 Å². The molecular weight excluding hydrogens is 378 g/mol. The first-order chi connectivity index (χ1) is 14.5. The average Bonchev–Trinajstić information content (AvgIpc) is 3.16. The van der Waals surface area contributed by atoms with Crippen molar-refractivity contribution in [3.8, 4) is 0 Å². The third kappa shape index (κ3) is 4.36. The number of aryl methyl sites for hydroxylation is 1. The van der Waals surface area contributed by atoms with E-state index >= 15 is 0 Å². The van der Waals surface area contributed by atoms with Crippen LogP contribution in [0.2, 0.25) is 0 Å². The quantitative estimate of drug-likeness (QED) is 0.606. The van der Waals surface area contributed by atoms with Gasteiger partial charge in [-0.3, -0.25) is 9.59 Å². The maximum Gasteiger partial charge on any atom is 0.242 e. The Labute approximate surface area is 176 Å². The molecule has 0 saturated heterocycles. The summed E-state index contributed by atoms with van der Waals surface area (Å²) in [4.78, 5) is 29.8. The zero-order valence-corrected chi connectivity index (χ0v) is 17.0. The van der Waals surface area contributed by atoms with E-state index in [1.165, 1.54) is 0 Å². The number of fused-ring (bicyclic) bond motifs is 1. The molecule has 0 bridgehead atoms. The predicted molar refractivity (Wildman–Crippen MR) is 116 cm³/mol. The summed E-state index contributed by atoms with van der Waals surface area (Å²) in [5.74, 6) is 0.123. The van der Waals surface area contributed by atoms with Crippen molar-refractivity contribution in [2.24, 2.45) is 0 Å². The van der Waals surface area contributed by atoms with E-state index in [2.05, 4.69) is 27.0 Å². The molecule has 3 atom stereocenters. The van der Waals surface area contributed by atoms with E-state index < -0.39 is 6.04 Å². The lowest BCUT2D eigenvalue weighted by molar-refractivity contribution is -0.130. The van der Waals surface area contributed by atoms with Gasteiger partial charge in [0.15, 0.2) is 0 Å². The van der Waals surface area contributed by atoms with Gasteiger partial charge in [0.1, 0.15) is 11.9 Å². The second-order valence-corrected chi connectivity index (χ2v) is 7.86. The molecule has 7 nitrogen and oxygen atoms in total. The van der Waals surface area contributed by atoms with E-state index in [9.17, 15) is 9.59 Å². The van der Waals surface area contributed by atoms with Crippen LogP contribution in [0.5, 0.6) is 0 Å². The molecule has 1 aromatic carbocycles. The minimum absolute atomic E-state index is 0.0969. The van der Waals surface area contributed by atoms with Crippen LogP contribution >= 0.6 is 0 Å². The minimum atomic E-state index is -0.629. The Balaban J connectivity index is 1.33. The number of nitrogens with zero attached hydrogens (tertiary/aromatic N) is 1. The fourth-order valence-corrected chi connectivity index (χ4v) is 4.08. The van der Waals surface area contributed by atoms with Gasteiger partial charge in [0.05, 0.1) is 12.1 Å². The Morgan fingerprint density at radius 3 is 2.80 bits per heavy atom. The molecule has 2 heterocycles. The van der Waals surface area contributed by atoms with E-state index in [1.54, 1.807) is 13.0 Å². The molecule has 0 saturated carbocycles. The molecule has 0 spiro atoms. The predicted octanol–water partition coefficient (Wildman–Crippen LogP) is 1.72. The van der Waals surface area contributed by atoms with E-state index in [-0.39, 0.29) is 23.9 Å². The maximum atomic E-state index is 12.8. The van der Waals surface area contributed by atoms with Gasteiger partial charge in [-0.1, -0.05) is 42.5 Å². The lowest BCUT2D eigenvalue weighted by atomic mass is 9.95. The highest BCUT2D eigenvalue weighted by Crippen LogP contribution is 2.30.